The second-order valence-corrected chi connectivity index (χ2v) is 10.8. The lowest BCUT2D eigenvalue weighted by Gasteiger charge is -2.18. The van der Waals surface area contributed by atoms with Gasteiger partial charge >= 0.3 is 0 Å². The molecule has 1 aromatic carbocycles. The van der Waals surface area contributed by atoms with E-state index >= 15 is 0 Å². The van der Waals surface area contributed by atoms with Gasteiger partial charge in [0.25, 0.3) is 0 Å². The lowest BCUT2D eigenvalue weighted by atomic mass is 9.83. The SMILES string of the molecule is CC1=C(C/C=C(\C)CCC[C@H](C)CCC[C@H](C)CCCC(C)CO)C(=O)c2ccccc2C1=O. The van der Waals surface area contributed by atoms with E-state index in [4.69, 9.17) is 5.11 Å². The Hall–Kier alpha value is -2.00. The first-order valence-corrected chi connectivity index (χ1v) is 13.4. The predicted molar refractivity (Wildman–Crippen MR) is 142 cm³/mol. The van der Waals surface area contributed by atoms with Gasteiger partial charge in [0.1, 0.15) is 0 Å². The third-order valence-electron chi connectivity index (χ3n) is 7.51. The smallest absolute Gasteiger partial charge is 0.190 e. The number of hydrogen-bond donors (Lipinski definition) is 1. The number of carbonyl (C=O) groups excluding carboxylic acids is 2. The van der Waals surface area contributed by atoms with Gasteiger partial charge in [-0.25, -0.2) is 0 Å². The molecule has 1 aliphatic rings. The molecule has 0 saturated carbocycles. The molecule has 0 amide bonds. The van der Waals surface area contributed by atoms with Gasteiger partial charge in [-0.1, -0.05) is 95.2 Å². The molecule has 3 atom stereocenters. The van der Waals surface area contributed by atoms with Crippen molar-refractivity contribution in [2.45, 2.75) is 98.8 Å². The van der Waals surface area contributed by atoms with E-state index < -0.39 is 0 Å². The van der Waals surface area contributed by atoms with E-state index in [-0.39, 0.29) is 11.6 Å². The van der Waals surface area contributed by atoms with Crippen molar-refractivity contribution >= 4 is 11.6 Å². The Morgan fingerprint density at radius 2 is 1.32 bits per heavy atom. The van der Waals surface area contributed by atoms with E-state index in [2.05, 4.69) is 33.8 Å². The number of benzene rings is 1. The minimum absolute atomic E-state index is 0.00232. The molecular formula is C31H46O3. The zero-order valence-corrected chi connectivity index (χ0v) is 22.2. The number of aliphatic hydroxyl groups excluding tert-OH is 1. The van der Waals surface area contributed by atoms with Gasteiger partial charge in [-0.15, -0.1) is 0 Å². The molecule has 188 valence electrons. The van der Waals surface area contributed by atoms with Crippen LogP contribution in [0.15, 0.2) is 47.1 Å². The monoisotopic (exact) mass is 466 g/mol. The Kier molecular flexibility index (Phi) is 12.0. The summed E-state index contributed by atoms with van der Waals surface area (Å²) < 4.78 is 0. The molecular weight excluding hydrogens is 420 g/mol. The number of fused-ring (bicyclic) bond motifs is 1. The molecule has 0 aliphatic heterocycles. The van der Waals surface area contributed by atoms with Crippen LogP contribution in [0.1, 0.15) is 120 Å². The zero-order valence-electron chi connectivity index (χ0n) is 22.2. The average molecular weight is 467 g/mol. The second kappa shape index (κ2) is 14.4. The van der Waals surface area contributed by atoms with Crippen LogP contribution in [0.4, 0.5) is 0 Å². The third kappa shape index (κ3) is 8.65. The maximum atomic E-state index is 12.9. The quantitative estimate of drug-likeness (QED) is 0.265. The van der Waals surface area contributed by atoms with Crippen molar-refractivity contribution in [3.8, 4) is 0 Å². The number of carbonyl (C=O) groups is 2. The molecule has 2 rings (SSSR count). The van der Waals surface area contributed by atoms with Gasteiger partial charge in [0.2, 0.25) is 0 Å². The Labute approximate surface area is 207 Å². The van der Waals surface area contributed by atoms with Crippen molar-refractivity contribution in [1.29, 1.82) is 0 Å². The molecule has 3 nitrogen and oxygen atoms in total. The van der Waals surface area contributed by atoms with E-state index in [1.807, 2.05) is 12.1 Å². The summed E-state index contributed by atoms with van der Waals surface area (Å²) in [7, 11) is 0. The van der Waals surface area contributed by atoms with Gasteiger partial charge in [-0.2, -0.15) is 0 Å². The van der Waals surface area contributed by atoms with Crippen LogP contribution in [-0.2, 0) is 0 Å². The van der Waals surface area contributed by atoms with Gasteiger partial charge in [0.15, 0.2) is 11.6 Å². The van der Waals surface area contributed by atoms with Crippen LogP contribution in [0.2, 0.25) is 0 Å². The first-order chi connectivity index (χ1) is 16.2. The number of ketones is 2. The van der Waals surface area contributed by atoms with E-state index in [9.17, 15) is 9.59 Å². The number of allylic oxidation sites excluding steroid dienone is 4. The molecule has 1 aliphatic carbocycles. The first-order valence-electron chi connectivity index (χ1n) is 13.4. The summed E-state index contributed by atoms with van der Waals surface area (Å²) in [5.41, 5.74) is 3.63. The van der Waals surface area contributed by atoms with Crippen molar-refractivity contribution in [3.05, 3.63) is 58.2 Å². The van der Waals surface area contributed by atoms with E-state index in [0.29, 0.717) is 41.2 Å². The number of Topliss-reactive ketones (excluding diaryl/α,β-unsaturated/α-hetero) is 2. The second-order valence-electron chi connectivity index (χ2n) is 10.8. The highest BCUT2D eigenvalue weighted by Gasteiger charge is 2.28. The first kappa shape index (κ1) is 28.2. The van der Waals surface area contributed by atoms with E-state index in [1.54, 1.807) is 19.1 Å². The molecule has 0 bridgehead atoms. The van der Waals surface area contributed by atoms with Crippen molar-refractivity contribution in [3.63, 3.8) is 0 Å². The van der Waals surface area contributed by atoms with Crippen LogP contribution in [0.3, 0.4) is 0 Å². The van der Waals surface area contributed by atoms with Crippen LogP contribution in [0, 0.1) is 17.8 Å². The fourth-order valence-corrected chi connectivity index (χ4v) is 4.91. The van der Waals surface area contributed by atoms with Gasteiger partial charge < -0.3 is 5.11 Å². The Balaban J connectivity index is 1.68. The summed E-state index contributed by atoms with van der Waals surface area (Å²) in [4.78, 5) is 25.5. The summed E-state index contributed by atoms with van der Waals surface area (Å²) in [5, 5.41) is 9.13. The normalized spacial score (nSPS) is 17.1. The van der Waals surface area contributed by atoms with Crippen molar-refractivity contribution in [1.82, 2.24) is 0 Å². The third-order valence-corrected chi connectivity index (χ3v) is 7.51. The molecule has 34 heavy (non-hydrogen) atoms. The van der Waals surface area contributed by atoms with Crippen LogP contribution in [-0.4, -0.2) is 23.3 Å². The van der Waals surface area contributed by atoms with Crippen LogP contribution >= 0.6 is 0 Å². The zero-order chi connectivity index (χ0) is 25.1. The molecule has 1 aromatic rings. The maximum absolute atomic E-state index is 12.9. The fraction of sp³-hybridized carbons (Fsp3) is 0.613. The molecule has 3 heteroatoms. The highest BCUT2D eigenvalue weighted by molar-refractivity contribution is 6.26. The van der Waals surface area contributed by atoms with Gasteiger partial charge in [-0.05, 0) is 57.3 Å². The Morgan fingerprint density at radius 3 is 1.88 bits per heavy atom. The summed E-state index contributed by atoms with van der Waals surface area (Å²) >= 11 is 0. The summed E-state index contributed by atoms with van der Waals surface area (Å²) in [6.07, 6.45) is 13.7. The maximum Gasteiger partial charge on any atom is 0.190 e. The van der Waals surface area contributed by atoms with E-state index in [1.165, 1.54) is 50.5 Å². The van der Waals surface area contributed by atoms with Crippen LogP contribution < -0.4 is 0 Å². The van der Waals surface area contributed by atoms with Gasteiger partial charge in [0.05, 0.1) is 0 Å². The van der Waals surface area contributed by atoms with E-state index in [0.717, 1.165) is 24.7 Å². The standard InChI is InChI=1S/C31H46O3/c1-22(11-8-12-23(2)14-10-16-25(4)21-32)13-9-15-24(3)19-20-27-26(5)30(33)28-17-6-7-18-29(28)31(27)34/h6-7,17-19,22-23,25,32H,8-16,20-21H2,1-5H3/b24-19+/t22-,23+,25?/m1/s1. The van der Waals surface area contributed by atoms with Crippen molar-refractivity contribution < 1.29 is 14.7 Å². The molecule has 0 aromatic heterocycles. The predicted octanol–water partition coefficient (Wildman–Crippen LogP) is 8.13. The van der Waals surface area contributed by atoms with Crippen molar-refractivity contribution in [2.24, 2.45) is 17.8 Å². The minimum atomic E-state index is -0.0147. The molecule has 1 unspecified atom stereocenters. The number of hydrogen-bond acceptors (Lipinski definition) is 3. The average Bonchev–Trinajstić information content (AvgIpc) is 2.82. The van der Waals surface area contributed by atoms with Crippen LogP contribution in [0.5, 0.6) is 0 Å². The largest absolute Gasteiger partial charge is 0.396 e. The lowest BCUT2D eigenvalue weighted by Crippen LogP contribution is -2.20. The number of aliphatic hydroxyl groups is 1. The van der Waals surface area contributed by atoms with Crippen molar-refractivity contribution in [2.75, 3.05) is 6.61 Å². The summed E-state index contributed by atoms with van der Waals surface area (Å²) in [6.45, 7) is 11.1. The molecule has 1 N–H and O–H groups in total. The summed E-state index contributed by atoms with van der Waals surface area (Å²) in [5.74, 6) is 1.95. The Morgan fingerprint density at radius 1 is 0.824 bits per heavy atom. The minimum Gasteiger partial charge on any atom is -0.396 e. The molecule has 0 heterocycles. The topological polar surface area (TPSA) is 54.4 Å². The number of rotatable bonds is 15. The lowest BCUT2D eigenvalue weighted by molar-refractivity contribution is 0.0973. The molecule has 0 radical (unpaired) electrons. The Bertz CT molecular complexity index is 876. The highest BCUT2D eigenvalue weighted by Crippen LogP contribution is 2.29. The van der Waals surface area contributed by atoms with Gasteiger partial charge in [-0.3, -0.25) is 9.59 Å². The molecule has 0 spiro atoms. The molecule has 0 fully saturated rings. The fourth-order valence-electron chi connectivity index (χ4n) is 4.91. The van der Waals surface area contributed by atoms with Gasteiger partial charge in [0, 0.05) is 28.9 Å². The highest BCUT2D eigenvalue weighted by atomic mass is 16.3. The van der Waals surface area contributed by atoms with Crippen LogP contribution in [0.25, 0.3) is 0 Å². The molecule has 0 saturated heterocycles. The summed E-state index contributed by atoms with van der Waals surface area (Å²) in [6, 6.07) is 7.15.